The summed E-state index contributed by atoms with van der Waals surface area (Å²) in [6, 6.07) is -0.341. The molecule has 0 amide bonds. The molecule has 4 unspecified atom stereocenters. The van der Waals surface area contributed by atoms with Gasteiger partial charge in [-0.25, -0.2) is 0 Å². The van der Waals surface area contributed by atoms with Gasteiger partial charge in [0.1, 0.15) is 6.04 Å². The second-order valence-corrected chi connectivity index (χ2v) is 3.70. The van der Waals surface area contributed by atoms with Crippen molar-refractivity contribution in [3.8, 4) is 0 Å². The molecule has 2 bridgehead atoms. The van der Waals surface area contributed by atoms with Crippen LogP contribution in [0.4, 0.5) is 0 Å². The van der Waals surface area contributed by atoms with Crippen LogP contribution in [0.5, 0.6) is 0 Å². The molecule has 3 aliphatic heterocycles. The van der Waals surface area contributed by atoms with E-state index >= 15 is 0 Å². The minimum absolute atomic E-state index is 0.219. The number of hydrogen-bond donors (Lipinski definition) is 2. The van der Waals surface area contributed by atoms with Crippen LogP contribution < -0.4 is 0 Å². The van der Waals surface area contributed by atoms with E-state index in [1.54, 1.807) is 0 Å². The molecule has 0 aromatic rings. The molecule has 0 aliphatic carbocycles. The number of rotatable bonds is 1. The van der Waals surface area contributed by atoms with Gasteiger partial charge in [0.2, 0.25) is 0 Å². The Hall–Kier alpha value is -0.610. The Labute approximate surface area is 70.8 Å². The highest BCUT2D eigenvalue weighted by atomic mass is 16.4. The van der Waals surface area contributed by atoms with E-state index in [1.165, 1.54) is 0 Å². The van der Waals surface area contributed by atoms with Gasteiger partial charge in [-0.15, -0.1) is 0 Å². The summed E-state index contributed by atoms with van der Waals surface area (Å²) in [4.78, 5) is 12.6. The summed E-state index contributed by atoms with van der Waals surface area (Å²) in [5.74, 6) is -0.525. The lowest BCUT2D eigenvalue weighted by molar-refractivity contribution is -0.152. The van der Waals surface area contributed by atoms with Crippen LogP contribution in [0.2, 0.25) is 0 Å². The van der Waals surface area contributed by atoms with Gasteiger partial charge in [-0.05, 0) is 25.3 Å². The summed E-state index contributed by atoms with van der Waals surface area (Å²) in [6.07, 6.45) is 1.27. The third-order valence-electron chi connectivity index (χ3n) is 3.00. The molecule has 12 heavy (non-hydrogen) atoms. The highest BCUT2D eigenvalue weighted by Crippen LogP contribution is 2.31. The van der Waals surface area contributed by atoms with Crippen LogP contribution in [0, 0.1) is 5.92 Å². The van der Waals surface area contributed by atoms with Crippen LogP contribution in [0.25, 0.3) is 0 Å². The zero-order valence-corrected chi connectivity index (χ0v) is 6.81. The molecule has 4 heteroatoms. The predicted octanol–water partition coefficient (Wildman–Crippen LogP) is -0.474. The second kappa shape index (κ2) is 2.71. The number of hydrogen-bond acceptors (Lipinski definition) is 3. The van der Waals surface area contributed by atoms with Gasteiger partial charge in [0.25, 0.3) is 0 Å². The summed E-state index contributed by atoms with van der Waals surface area (Å²) in [7, 11) is 0. The average Bonchev–Trinajstić information content (AvgIpc) is 2.04. The normalized spacial score (nSPS) is 46.1. The van der Waals surface area contributed by atoms with E-state index in [9.17, 15) is 9.90 Å². The smallest absolute Gasteiger partial charge is 0.320 e. The van der Waals surface area contributed by atoms with Crippen LogP contribution in [0.15, 0.2) is 0 Å². The van der Waals surface area contributed by atoms with Crippen molar-refractivity contribution in [1.29, 1.82) is 0 Å². The number of aliphatic hydroxyl groups is 1. The number of aliphatic hydroxyl groups excluding tert-OH is 1. The third kappa shape index (κ3) is 1.11. The maximum absolute atomic E-state index is 10.7. The number of fused-ring (bicyclic) bond motifs is 3. The Balaban J connectivity index is 2.10. The Morgan fingerprint density at radius 1 is 1.50 bits per heavy atom. The molecular weight excluding hydrogens is 158 g/mol. The van der Waals surface area contributed by atoms with Gasteiger partial charge >= 0.3 is 5.97 Å². The number of carboxylic acid groups (broad SMARTS) is 1. The van der Waals surface area contributed by atoms with E-state index in [4.69, 9.17) is 5.11 Å². The van der Waals surface area contributed by atoms with Crippen LogP contribution in [-0.2, 0) is 4.79 Å². The quantitative estimate of drug-likeness (QED) is 0.559. The van der Waals surface area contributed by atoms with Gasteiger partial charge in [-0.1, -0.05) is 0 Å². The van der Waals surface area contributed by atoms with Crippen molar-refractivity contribution in [3.05, 3.63) is 0 Å². The molecule has 0 spiro atoms. The average molecular weight is 171 g/mol. The molecule has 68 valence electrons. The Morgan fingerprint density at radius 3 is 2.67 bits per heavy atom. The maximum atomic E-state index is 10.7. The topological polar surface area (TPSA) is 60.8 Å². The highest BCUT2D eigenvalue weighted by molar-refractivity contribution is 5.73. The largest absolute Gasteiger partial charge is 0.480 e. The van der Waals surface area contributed by atoms with Gasteiger partial charge in [0, 0.05) is 6.54 Å². The van der Waals surface area contributed by atoms with Crippen molar-refractivity contribution < 1.29 is 15.0 Å². The third-order valence-corrected chi connectivity index (χ3v) is 3.00. The number of nitrogens with zero attached hydrogens (tertiary/aromatic N) is 1. The first-order valence-electron chi connectivity index (χ1n) is 4.33. The summed E-state index contributed by atoms with van der Waals surface area (Å²) < 4.78 is 0. The van der Waals surface area contributed by atoms with Crippen LogP contribution >= 0.6 is 0 Å². The predicted molar refractivity (Wildman–Crippen MR) is 41.7 cm³/mol. The van der Waals surface area contributed by atoms with Gasteiger partial charge in [0.15, 0.2) is 0 Å². The first-order chi connectivity index (χ1) is 5.68. The van der Waals surface area contributed by atoms with Crippen LogP contribution in [0.3, 0.4) is 0 Å². The fourth-order valence-corrected chi connectivity index (χ4v) is 2.26. The fourth-order valence-electron chi connectivity index (χ4n) is 2.26. The first kappa shape index (κ1) is 8.01. The van der Waals surface area contributed by atoms with Gasteiger partial charge in [-0.2, -0.15) is 0 Å². The molecule has 0 aromatic carbocycles. The SMILES string of the molecule is O=C(O)C1CC2CCN1CC2O. The molecule has 3 fully saturated rings. The molecule has 3 saturated heterocycles. The second-order valence-electron chi connectivity index (χ2n) is 3.70. The van der Waals surface area contributed by atoms with Crippen molar-refractivity contribution >= 4 is 5.97 Å². The summed E-state index contributed by atoms with van der Waals surface area (Å²) in [5, 5.41) is 18.3. The minimum Gasteiger partial charge on any atom is -0.480 e. The molecule has 0 saturated carbocycles. The van der Waals surface area contributed by atoms with E-state index in [1.807, 2.05) is 4.90 Å². The number of carbonyl (C=O) groups is 1. The number of carboxylic acids is 1. The molecule has 3 aliphatic rings. The van der Waals surface area contributed by atoms with Crippen molar-refractivity contribution in [2.24, 2.45) is 5.92 Å². The minimum atomic E-state index is -0.744. The van der Waals surface area contributed by atoms with Crippen molar-refractivity contribution in [2.45, 2.75) is 25.0 Å². The summed E-state index contributed by atoms with van der Waals surface area (Å²) in [6.45, 7) is 1.38. The van der Waals surface area contributed by atoms with Crippen molar-refractivity contribution in [3.63, 3.8) is 0 Å². The standard InChI is InChI=1S/C8H13NO3/c10-7-4-9-2-1-5(7)3-6(9)8(11)12/h5-7,10H,1-4H2,(H,11,12). The van der Waals surface area contributed by atoms with Gasteiger partial charge in [0.05, 0.1) is 6.10 Å². The lowest BCUT2D eigenvalue weighted by Gasteiger charge is -2.46. The van der Waals surface area contributed by atoms with E-state index < -0.39 is 5.97 Å². The van der Waals surface area contributed by atoms with E-state index in [0.717, 1.165) is 13.0 Å². The van der Waals surface area contributed by atoms with E-state index in [2.05, 4.69) is 0 Å². The molecule has 4 nitrogen and oxygen atoms in total. The van der Waals surface area contributed by atoms with E-state index in [0.29, 0.717) is 13.0 Å². The monoisotopic (exact) mass is 171 g/mol. The first-order valence-corrected chi connectivity index (χ1v) is 4.33. The highest BCUT2D eigenvalue weighted by Gasteiger charge is 2.42. The van der Waals surface area contributed by atoms with Crippen molar-refractivity contribution in [2.75, 3.05) is 13.1 Å². The molecule has 3 rings (SSSR count). The fraction of sp³-hybridized carbons (Fsp3) is 0.875. The number of piperidine rings is 3. The van der Waals surface area contributed by atoms with E-state index in [-0.39, 0.29) is 18.1 Å². The van der Waals surface area contributed by atoms with Crippen LogP contribution in [0.1, 0.15) is 12.8 Å². The Kier molecular flexibility index (Phi) is 1.81. The Bertz CT molecular complexity index is 206. The summed E-state index contributed by atoms with van der Waals surface area (Å²) >= 11 is 0. The maximum Gasteiger partial charge on any atom is 0.320 e. The molecule has 0 aromatic heterocycles. The van der Waals surface area contributed by atoms with Gasteiger partial charge < -0.3 is 10.2 Å². The molecular formula is C8H13NO3. The summed E-state index contributed by atoms with van der Waals surface area (Å²) in [5.41, 5.74) is 0. The molecule has 4 atom stereocenters. The number of aliphatic carboxylic acids is 1. The van der Waals surface area contributed by atoms with Crippen molar-refractivity contribution in [1.82, 2.24) is 4.90 Å². The van der Waals surface area contributed by atoms with Crippen LogP contribution in [-0.4, -0.2) is 46.3 Å². The molecule has 0 radical (unpaired) electrons. The lowest BCUT2D eigenvalue weighted by Crippen LogP contribution is -2.58. The lowest BCUT2D eigenvalue weighted by atomic mass is 9.81. The zero-order chi connectivity index (χ0) is 8.72. The molecule has 2 N–H and O–H groups in total. The zero-order valence-electron chi connectivity index (χ0n) is 6.81. The molecule has 3 heterocycles. The van der Waals surface area contributed by atoms with Gasteiger partial charge in [-0.3, -0.25) is 9.69 Å². The Morgan fingerprint density at radius 2 is 2.25 bits per heavy atom.